The lowest BCUT2D eigenvalue weighted by molar-refractivity contribution is -0.131. The molecule has 1 aromatic carbocycles. The van der Waals surface area contributed by atoms with Crippen molar-refractivity contribution in [1.82, 2.24) is 19.7 Å². The second-order valence-corrected chi connectivity index (χ2v) is 7.16. The Kier molecular flexibility index (Phi) is 5.19. The normalized spacial score (nSPS) is 17.7. The molecule has 0 spiro atoms. The number of aromatic nitrogens is 3. The number of likely N-dealkylation sites (tertiary alicyclic amines) is 1. The first-order chi connectivity index (χ1) is 11.6. The maximum Gasteiger partial charge on any atom is 0.227 e. The van der Waals surface area contributed by atoms with E-state index in [-0.39, 0.29) is 11.9 Å². The Morgan fingerprint density at radius 3 is 2.92 bits per heavy atom. The summed E-state index contributed by atoms with van der Waals surface area (Å²) < 4.78 is 2.08. The highest BCUT2D eigenvalue weighted by atomic mass is 35.5. The fourth-order valence-corrected chi connectivity index (χ4v) is 3.50. The molecule has 1 aliphatic heterocycles. The predicted molar refractivity (Wildman–Crippen MR) is 93.7 cm³/mol. The zero-order chi connectivity index (χ0) is 17.1. The summed E-state index contributed by atoms with van der Waals surface area (Å²) in [5.74, 6) is 1.51. The lowest BCUT2D eigenvalue weighted by Gasteiger charge is -2.25. The lowest BCUT2D eigenvalue weighted by atomic mass is 10.1. The largest absolute Gasteiger partial charge is 0.332 e. The van der Waals surface area contributed by atoms with E-state index in [9.17, 15) is 4.79 Å². The van der Waals surface area contributed by atoms with Crippen molar-refractivity contribution < 1.29 is 4.79 Å². The molecule has 6 heteroatoms. The topological polar surface area (TPSA) is 51.0 Å². The second kappa shape index (κ2) is 7.34. The summed E-state index contributed by atoms with van der Waals surface area (Å²) in [4.78, 5) is 14.8. The van der Waals surface area contributed by atoms with Crippen LogP contribution in [0, 0.1) is 5.92 Å². The average molecular weight is 347 g/mol. The van der Waals surface area contributed by atoms with E-state index < -0.39 is 0 Å². The summed E-state index contributed by atoms with van der Waals surface area (Å²) in [6, 6.07) is 7.54. The SMILES string of the molecule is CC(C)Cn1cnnc1[C@H]1CCCN1C(=O)Cc1ccccc1Cl. The highest BCUT2D eigenvalue weighted by molar-refractivity contribution is 6.31. The lowest BCUT2D eigenvalue weighted by Crippen LogP contribution is -2.33. The van der Waals surface area contributed by atoms with Gasteiger partial charge in [0.15, 0.2) is 5.82 Å². The van der Waals surface area contributed by atoms with Crippen LogP contribution in [0.25, 0.3) is 0 Å². The third kappa shape index (κ3) is 3.61. The van der Waals surface area contributed by atoms with E-state index in [0.29, 0.717) is 17.4 Å². The van der Waals surface area contributed by atoms with E-state index in [2.05, 4.69) is 28.6 Å². The van der Waals surface area contributed by atoms with Gasteiger partial charge in [-0.25, -0.2) is 0 Å². The molecule has 1 aliphatic rings. The molecule has 0 N–H and O–H groups in total. The van der Waals surface area contributed by atoms with Crippen molar-refractivity contribution in [1.29, 1.82) is 0 Å². The van der Waals surface area contributed by atoms with Crippen molar-refractivity contribution in [2.24, 2.45) is 5.92 Å². The molecule has 3 rings (SSSR count). The van der Waals surface area contributed by atoms with Crippen LogP contribution in [-0.4, -0.2) is 32.1 Å². The van der Waals surface area contributed by atoms with Gasteiger partial charge in [-0.05, 0) is 30.4 Å². The van der Waals surface area contributed by atoms with Gasteiger partial charge in [-0.2, -0.15) is 0 Å². The molecule has 5 nitrogen and oxygen atoms in total. The Morgan fingerprint density at radius 1 is 1.38 bits per heavy atom. The van der Waals surface area contributed by atoms with Crippen molar-refractivity contribution in [3.8, 4) is 0 Å². The third-order valence-electron chi connectivity index (χ3n) is 4.38. The molecule has 0 radical (unpaired) electrons. The maximum absolute atomic E-state index is 12.8. The van der Waals surface area contributed by atoms with Crippen LogP contribution in [-0.2, 0) is 17.8 Å². The Morgan fingerprint density at radius 2 is 2.17 bits per heavy atom. The van der Waals surface area contributed by atoms with Gasteiger partial charge in [-0.15, -0.1) is 10.2 Å². The molecule has 24 heavy (non-hydrogen) atoms. The molecule has 0 aliphatic carbocycles. The van der Waals surface area contributed by atoms with Gasteiger partial charge in [-0.1, -0.05) is 43.6 Å². The standard InChI is InChI=1S/C18H23ClN4O/c1-13(2)11-22-12-20-21-18(22)16-8-5-9-23(16)17(24)10-14-6-3-4-7-15(14)19/h3-4,6-7,12-13,16H,5,8-11H2,1-2H3/t16-/m1/s1. The number of carbonyl (C=O) groups excluding carboxylic acids is 1. The van der Waals surface area contributed by atoms with Gasteiger partial charge in [0, 0.05) is 18.1 Å². The van der Waals surface area contributed by atoms with Crippen LogP contribution in [0.2, 0.25) is 5.02 Å². The van der Waals surface area contributed by atoms with Gasteiger partial charge >= 0.3 is 0 Å². The molecule has 1 saturated heterocycles. The molecule has 0 unspecified atom stereocenters. The molecule has 1 fully saturated rings. The van der Waals surface area contributed by atoms with E-state index >= 15 is 0 Å². The Labute approximate surface area is 147 Å². The van der Waals surface area contributed by atoms with Crippen LogP contribution >= 0.6 is 11.6 Å². The highest BCUT2D eigenvalue weighted by Gasteiger charge is 2.33. The second-order valence-electron chi connectivity index (χ2n) is 6.75. The summed E-state index contributed by atoms with van der Waals surface area (Å²) in [5.41, 5.74) is 0.874. The molecule has 1 atom stereocenters. The fraction of sp³-hybridized carbons (Fsp3) is 0.500. The number of amides is 1. The minimum Gasteiger partial charge on any atom is -0.332 e. The first-order valence-electron chi connectivity index (χ1n) is 8.47. The molecular formula is C18H23ClN4O. The molecule has 1 aromatic heterocycles. The molecule has 0 bridgehead atoms. The van der Waals surface area contributed by atoms with Crippen LogP contribution in [0.15, 0.2) is 30.6 Å². The Balaban J connectivity index is 1.77. The van der Waals surface area contributed by atoms with Gasteiger partial charge in [0.05, 0.1) is 12.5 Å². The number of carbonyl (C=O) groups is 1. The smallest absolute Gasteiger partial charge is 0.227 e. The fourth-order valence-electron chi connectivity index (χ4n) is 3.30. The van der Waals surface area contributed by atoms with E-state index in [1.807, 2.05) is 29.2 Å². The van der Waals surface area contributed by atoms with Crippen LogP contribution in [0.5, 0.6) is 0 Å². The minimum atomic E-state index is 0.0150. The van der Waals surface area contributed by atoms with Crippen LogP contribution in [0.1, 0.15) is 44.1 Å². The first kappa shape index (κ1) is 17.0. The minimum absolute atomic E-state index is 0.0150. The van der Waals surface area contributed by atoms with Gasteiger partial charge < -0.3 is 9.47 Å². The quantitative estimate of drug-likeness (QED) is 0.832. The van der Waals surface area contributed by atoms with E-state index in [0.717, 1.165) is 37.3 Å². The summed E-state index contributed by atoms with van der Waals surface area (Å²) >= 11 is 6.20. The molecule has 0 saturated carbocycles. The Hall–Kier alpha value is -1.88. The maximum atomic E-state index is 12.8. The number of hydrogen-bond donors (Lipinski definition) is 0. The van der Waals surface area contributed by atoms with Crippen LogP contribution < -0.4 is 0 Å². The number of halogens is 1. The molecule has 2 heterocycles. The average Bonchev–Trinajstić information content (AvgIpc) is 3.17. The van der Waals surface area contributed by atoms with Crippen molar-refractivity contribution in [2.45, 2.75) is 45.7 Å². The van der Waals surface area contributed by atoms with Gasteiger partial charge in [0.2, 0.25) is 5.91 Å². The van der Waals surface area contributed by atoms with Crippen molar-refractivity contribution in [3.05, 3.63) is 47.0 Å². The van der Waals surface area contributed by atoms with E-state index in [1.54, 1.807) is 6.33 Å². The summed E-state index contributed by atoms with van der Waals surface area (Å²) in [5, 5.41) is 9.01. The van der Waals surface area contributed by atoms with Crippen LogP contribution in [0.3, 0.4) is 0 Å². The predicted octanol–water partition coefficient (Wildman–Crippen LogP) is 3.49. The number of rotatable bonds is 5. The monoisotopic (exact) mass is 346 g/mol. The number of hydrogen-bond acceptors (Lipinski definition) is 3. The number of nitrogens with zero attached hydrogens (tertiary/aromatic N) is 4. The summed E-state index contributed by atoms with van der Waals surface area (Å²) in [7, 11) is 0. The van der Waals surface area contributed by atoms with Gasteiger partial charge in [0.25, 0.3) is 0 Å². The molecular weight excluding hydrogens is 324 g/mol. The summed E-state index contributed by atoms with van der Waals surface area (Å²) in [6.45, 7) is 5.96. The van der Waals surface area contributed by atoms with Crippen LogP contribution in [0.4, 0.5) is 0 Å². The molecule has 128 valence electrons. The molecule has 2 aromatic rings. The van der Waals surface area contributed by atoms with Gasteiger partial charge in [0.1, 0.15) is 6.33 Å². The van der Waals surface area contributed by atoms with E-state index in [4.69, 9.17) is 11.6 Å². The number of benzene rings is 1. The van der Waals surface area contributed by atoms with Crippen molar-refractivity contribution >= 4 is 17.5 Å². The van der Waals surface area contributed by atoms with Gasteiger partial charge in [-0.3, -0.25) is 4.79 Å². The zero-order valence-corrected chi connectivity index (χ0v) is 14.9. The molecule has 1 amide bonds. The zero-order valence-electron chi connectivity index (χ0n) is 14.2. The Bertz CT molecular complexity index is 713. The highest BCUT2D eigenvalue weighted by Crippen LogP contribution is 2.32. The first-order valence-corrected chi connectivity index (χ1v) is 8.84. The summed E-state index contributed by atoms with van der Waals surface area (Å²) in [6.07, 6.45) is 4.03. The van der Waals surface area contributed by atoms with E-state index in [1.165, 1.54) is 0 Å². The third-order valence-corrected chi connectivity index (χ3v) is 4.75. The van der Waals surface area contributed by atoms with Crippen molar-refractivity contribution in [2.75, 3.05) is 6.54 Å². The van der Waals surface area contributed by atoms with Crippen molar-refractivity contribution in [3.63, 3.8) is 0 Å².